The maximum absolute atomic E-state index is 14.0. The van der Waals surface area contributed by atoms with Crippen LogP contribution in [-0.2, 0) is 4.79 Å². The van der Waals surface area contributed by atoms with Gasteiger partial charge in [-0.3, -0.25) is 14.4 Å². The second-order valence-corrected chi connectivity index (χ2v) is 6.08. The lowest BCUT2D eigenvalue weighted by Gasteiger charge is -2.10. The van der Waals surface area contributed by atoms with Crippen molar-refractivity contribution in [2.45, 2.75) is 6.92 Å². The summed E-state index contributed by atoms with van der Waals surface area (Å²) in [4.78, 5) is 38.6. The van der Waals surface area contributed by atoms with Gasteiger partial charge in [-0.1, -0.05) is 11.6 Å². The van der Waals surface area contributed by atoms with Crippen LogP contribution in [0.4, 0.5) is 20.2 Å². The maximum Gasteiger partial charge on any atom is 0.261 e. The van der Waals surface area contributed by atoms with Crippen LogP contribution in [0.2, 0.25) is 5.02 Å². The molecule has 6 nitrogen and oxygen atoms in total. The van der Waals surface area contributed by atoms with Crippen molar-refractivity contribution < 1.29 is 18.4 Å². The van der Waals surface area contributed by atoms with Crippen LogP contribution in [0.5, 0.6) is 0 Å². The molecule has 0 aliphatic rings. The van der Waals surface area contributed by atoms with Crippen molar-refractivity contribution in [3.8, 4) is 0 Å². The first kappa shape index (κ1) is 18.5. The summed E-state index contributed by atoms with van der Waals surface area (Å²) in [5.74, 6) is -3.09. The number of fused-ring (bicyclic) bond motifs is 1. The van der Waals surface area contributed by atoms with Crippen molar-refractivity contribution in [2.75, 3.05) is 10.6 Å². The van der Waals surface area contributed by atoms with E-state index in [4.69, 9.17) is 11.6 Å². The van der Waals surface area contributed by atoms with Gasteiger partial charge in [-0.25, -0.2) is 8.78 Å². The third-order valence-corrected chi connectivity index (χ3v) is 4.01. The number of nitrogens with one attached hydrogen (secondary N) is 3. The number of carbonyl (C=O) groups is 2. The molecule has 0 spiro atoms. The third-order valence-electron chi connectivity index (χ3n) is 3.68. The van der Waals surface area contributed by atoms with E-state index in [9.17, 15) is 23.2 Å². The molecule has 1 aromatic heterocycles. The van der Waals surface area contributed by atoms with E-state index in [0.717, 1.165) is 12.3 Å². The van der Waals surface area contributed by atoms with E-state index in [2.05, 4.69) is 15.6 Å². The van der Waals surface area contributed by atoms with E-state index in [1.807, 2.05) is 0 Å². The SMILES string of the molecule is CC(=O)Nc1ccc(Cl)c(NC(=O)c2c[nH]c3cc(F)cc(F)c3c2=O)c1. The zero-order valence-electron chi connectivity index (χ0n) is 13.8. The molecule has 3 N–H and O–H groups in total. The molecule has 3 aromatic rings. The highest BCUT2D eigenvalue weighted by Gasteiger charge is 2.17. The van der Waals surface area contributed by atoms with Gasteiger partial charge < -0.3 is 15.6 Å². The number of rotatable bonds is 3. The monoisotopic (exact) mass is 391 g/mol. The minimum atomic E-state index is -1.08. The average Bonchev–Trinajstić information content (AvgIpc) is 2.56. The molecule has 0 fully saturated rings. The minimum absolute atomic E-state index is 0.0697. The second kappa shape index (κ2) is 7.16. The molecule has 9 heteroatoms. The number of aromatic nitrogens is 1. The first-order valence-electron chi connectivity index (χ1n) is 7.65. The summed E-state index contributed by atoms with van der Waals surface area (Å²) in [5, 5.41) is 4.71. The van der Waals surface area contributed by atoms with Gasteiger partial charge in [0.1, 0.15) is 17.2 Å². The molecule has 2 amide bonds. The summed E-state index contributed by atoms with van der Waals surface area (Å²) >= 11 is 6.03. The van der Waals surface area contributed by atoms with Gasteiger partial charge in [0.15, 0.2) is 0 Å². The van der Waals surface area contributed by atoms with Crippen LogP contribution in [0.15, 0.2) is 41.3 Å². The lowest BCUT2D eigenvalue weighted by atomic mass is 10.1. The smallest absolute Gasteiger partial charge is 0.261 e. The molecule has 1 heterocycles. The third kappa shape index (κ3) is 3.80. The summed E-state index contributed by atoms with van der Waals surface area (Å²) in [5.41, 5.74) is -0.815. The van der Waals surface area contributed by atoms with E-state index < -0.39 is 28.4 Å². The predicted molar refractivity (Wildman–Crippen MR) is 98.2 cm³/mol. The number of carbonyl (C=O) groups excluding carboxylic acids is 2. The van der Waals surface area contributed by atoms with Crippen molar-refractivity contribution in [3.63, 3.8) is 0 Å². The van der Waals surface area contributed by atoms with Gasteiger partial charge in [-0.15, -0.1) is 0 Å². The summed E-state index contributed by atoms with van der Waals surface area (Å²) in [6.45, 7) is 1.32. The van der Waals surface area contributed by atoms with Gasteiger partial charge in [-0.2, -0.15) is 0 Å². The normalized spacial score (nSPS) is 10.7. The van der Waals surface area contributed by atoms with Crippen LogP contribution in [0.3, 0.4) is 0 Å². The van der Waals surface area contributed by atoms with E-state index in [-0.39, 0.29) is 27.7 Å². The van der Waals surface area contributed by atoms with Crippen LogP contribution < -0.4 is 16.1 Å². The van der Waals surface area contributed by atoms with Crippen LogP contribution in [0.25, 0.3) is 10.9 Å². The maximum atomic E-state index is 14.0. The minimum Gasteiger partial charge on any atom is -0.360 e. The fraction of sp³-hybridized carbons (Fsp3) is 0.0556. The van der Waals surface area contributed by atoms with Crippen molar-refractivity contribution in [1.82, 2.24) is 4.98 Å². The number of hydrogen-bond acceptors (Lipinski definition) is 3. The van der Waals surface area contributed by atoms with Crippen molar-refractivity contribution in [2.24, 2.45) is 0 Å². The number of amides is 2. The Morgan fingerprint density at radius 3 is 2.56 bits per heavy atom. The first-order chi connectivity index (χ1) is 12.8. The van der Waals surface area contributed by atoms with Crippen molar-refractivity contribution >= 4 is 45.7 Å². The highest BCUT2D eigenvalue weighted by atomic mass is 35.5. The quantitative estimate of drug-likeness (QED) is 0.636. The molecule has 0 saturated carbocycles. The van der Waals surface area contributed by atoms with E-state index in [1.165, 1.54) is 25.1 Å². The first-order valence-corrected chi connectivity index (χ1v) is 8.03. The fourth-order valence-electron chi connectivity index (χ4n) is 2.53. The van der Waals surface area contributed by atoms with Gasteiger partial charge in [0, 0.05) is 24.9 Å². The van der Waals surface area contributed by atoms with E-state index in [1.54, 1.807) is 0 Å². The number of hydrogen-bond donors (Lipinski definition) is 3. The van der Waals surface area contributed by atoms with E-state index >= 15 is 0 Å². The van der Waals surface area contributed by atoms with Gasteiger partial charge in [0.25, 0.3) is 5.91 Å². The summed E-state index contributed by atoms with van der Waals surface area (Å²) in [6, 6.07) is 5.91. The molecule has 0 unspecified atom stereocenters. The summed E-state index contributed by atoms with van der Waals surface area (Å²) in [6.07, 6.45) is 1.06. The number of aromatic amines is 1. The van der Waals surface area contributed by atoms with Gasteiger partial charge in [0.2, 0.25) is 11.3 Å². The van der Waals surface area contributed by atoms with Gasteiger partial charge in [-0.05, 0) is 24.3 Å². The fourth-order valence-corrected chi connectivity index (χ4v) is 2.69. The number of pyridine rings is 1. The number of H-pyrrole nitrogens is 1. The molecule has 0 atom stereocenters. The Morgan fingerprint density at radius 2 is 1.85 bits per heavy atom. The Morgan fingerprint density at radius 1 is 1.11 bits per heavy atom. The summed E-state index contributed by atoms with van der Waals surface area (Å²) < 4.78 is 27.2. The second-order valence-electron chi connectivity index (χ2n) is 5.67. The van der Waals surface area contributed by atoms with Crippen LogP contribution in [-0.4, -0.2) is 16.8 Å². The van der Waals surface area contributed by atoms with Gasteiger partial charge >= 0.3 is 0 Å². The molecule has 0 aliphatic carbocycles. The molecule has 27 heavy (non-hydrogen) atoms. The zero-order valence-corrected chi connectivity index (χ0v) is 14.6. The lowest BCUT2D eigenvalue weighted by Crippen LogP contribution is -2.22. The molecule has 0 saturated heterocycles. The molecule has 0 aliphatic heterocycles. The average molecular weight is 392 g/mol. The topological polar surface area (TPSA) is 91.1 Å². The number of benzene rings is 2. The Kier molecular flexibility index (Phi) is 4.91. The van der Waals surface area contributed by atoms with Crippen LogP contribution in [0.1, 0.15) is 17.3 Å². The van der Waals surface area contributed by atoms with Crippen LogP contribution in [0, 0.1) is 11.6 Å². The zero-order chi connectivity index (χ0) is 19.7. The molecule has 3 rings (SSSR count). The highest BCUT2D eigenvalue weighted by molar-refractivity contribution is 6.34. The number of halogens is 3. The predicted octanol–water partition coefficient (Wildman–Crippen LogP) is 3.67. The molecule has 0 bridgehead atoms. The van der Waals surface area contributed by atoms with E-state index in [0.29, 0.717) is 11.8 Å². The Hall–Kier alpha value is -3.26. The molecule has 0 radical (unpaired) electrons. The molecule has 138 valence electrons. The van der Waals surface area contributed by atoms with Crippen molar-refractivity contribution in [1.29, 1.82) is 0 Å². The van der Waals surface area contributed by atoms with Gasteiger partial charge in [0.05, 0.1) is 21.6 Å². The Bertz CT molecular complexity index is 1140. The van der Waals surface area contributed by atoms with Crippen LogP contribution >= 0.6 is 11.6 Å². The largest absolute Gasteiger partial charge is 0.360 e. The molecule has 2 aromatic carbocycles. The Balaban J connectivity index is 1.99. The highest BCUT2D eigenvalue weighted by Crippen LogP contribution is 2.26. The lowest BCUT2D eigenvalue weighted by molar-refractivity contribution is -0.114. The Labute approximate surface area is 156 Å². The molecular formula is C18H12ClF2N3O3. The number of anilines is 2. The molecular weight excluding hydrogens is 380 g/mol. The van der Waals surface area contributed by atoms with Crippen molar-refractivity contribution in [3.05, 3.63) is 69.0 Å². The summed E-state index contributed by atoms with van der Waals surface area (Å²) in [7, 11) is 0. The standard InChI is InChI=1S/C18H12ClF2N3O3/c1-8(25)23-10-2-3-12(19)14(6-10)24-18(27)11-7-22-15-5-9(20)4-13(21)16(15)17(11)26/h2-7H,1H3,(H,22,26)(H,23,25)(H,24,27).